The number of nitrogens with one attached hydrogen (secondary N) is 1. The molecule has 8 heteroatoms. The molecule has 0 amide bonds. The first-order chi connectivity index (χ1) is 12.6. The van der Waals surface area contributed by atoms with E-state index in [9.17, 15) is 4.79 Å². The Labute approximate surface area is 148 Å². The molecule has 0 fully saturated rings. The van der Waals surface area contributed by atoms with Crippen LogP contribution in [0.15, 0.2) is 52.3 Å². The van der Waals surface area contributed by atoms with Crippen LogP contribution in [0.3, 0.4) is 0 Å². The fourth-order valence-corrected chi connectivity index (χ4v) is 3.08. The topological polar surface area (TPSA) is 104 Å². The van der Waals surface area contributed by atoms with E-state index in [0.717, 1.165) is 5.56 Å². The van der Waals surface area contributed by atoms with Crippen molar-refractivity contribution in [2.75, 3.05) is 19.5 Å². The average Bonchev–Trinajstić information content (AvgIpc) is 2.67. The van der Waals surface area contributed by atoms with Gasteiger partial charge in [0.25, 0.3) is 5.56 Å². The number of aliphatic imine (C=N–C) groups is 1. The zero-order chi connectivity index (χ0) is 18.3. The quantitative estimate of drug-likeness (QED) is 0.744. The maximum Gasteiger partial charge on any atom is 0.282 e. The Balaban J connectivity index is 2.07. The lowest BCUT2D eigenvalue weighted by molar-refractivity contribution is 0.355. The highest BCUT2D eigenvalue weighted by Crippen LogP contribution is 2.35. The van der Waals surface area contributed by atoms with Gasteiger partial charge < -0.3 is 15.2 Å². The number of hydrogen-bond donors (Lipinski definition) is 2. The lowest BCUT2D eigenvalue weighted by Crippen LogP contribution is -2.34. The highest BCUT2D eigenvalue weighted by atomic mass is 16.5. The van der Waals surface area contributed by atoms with Crippen LogP contribution in [0.25, 0.3) is 10.9 Å². The van der Waals surface area contributed by atoms with Crippen LogP contribution in [0.4, 0.5) is 5.95 Å². The summed E-state index contributed by atoms with van der Waals surface area (Å²) < 4.78 is 12.5. The Bertz CT molecular complexity index is 1080. The van der Waals surface area contributed by atoms with Gasteiger partial charge in [0.05, 0.1) is 25.1 Å². The zero-order valence-electron chi connectivity index (χ0n) is 14.3. The van der Waals surface area contributed by atoms with Gasteiger partial charge in [0.1, 0.15) is 0 Å². The monoisotopic (exact) mass is 351 g/mol. The molecule has 26 heavy (non-hydrogen) atoms. The second kappa shape index (κ2) is 6.07. The molecule has 132 valence electrons. The second-order valence-corrected chi connectivity index (χ2v) is 5.76. The molecule has 0 unspecified atom stereocenters. The summed E-state index contributed by atoms with van der Waals surface area (Å²) in [6.07, 6.45) is -0.457. The molecule has 3 N–H and O–H groups in total. The van der Waals surface area contributed by atoms with Gasteiger partial charge in [-0.05, 0) is 11.6 Å². The zero-order valence-corrected chi connectivity index (χ0v) is 14.3. The molecule has 3 aromatic rings. The fourth-order valence-electron chi connectivity index (χ4n) is 3.08. The first kappa shape index (κ1) is 15.9. The Hall–Kier alpha value is -3.55. The molecule has 2 heterocycles. The summed E-state index contributed by atoms with van der Waals surface area (Å²) in [4.78, 5) is 21.2. The summed E-state index contributed by atoms with van der Waals surface area (Å²) in [6, 6.07) is 13.0. The van der Waals surface area contributed by atoms with Crippen molar-refractivity contribution in [1.82, 2.24) is 9.55 Å². The molecule has 0 aliphatic carbocycles. The summed E-state index contributed by atoms with van der Waals surface area (Å²) in [7, 11) is 3.07. The lowest BCUT2D eigenvalue weighted by Gasteiger charge is -2.27. The van der Waals surface area contributed by atoms with Crippen molar-refractivity contribution in [2.24, 2.45) is 10.7 Å². The number of fused-ring (bicyclic) bond motifs is 3. The number of guanidine groups is 1. The van der Waals surface area contributed by atoms with E-state index in [-0.39, 0.29) is 11.5 Å². The predicted octanol–water partition coefficient (Wildman–Crippen LogP) is 1.70. The van der Waals surface area contributed by atoms with Crippen molar-refractivity contribution in [3.8, 4) is 11.5 Å². The number of anilines is 1. The van der Waals surface area contributed by atoms with Crippen molar-refractivity contribution in [1.29, 1.82) is 0 Å². The van der Waals surface area contributed by atoms with Crippen LogP contribution < -0.4 is 26.1 Å². The highest BCUT2D eigenvalue weighted by molar-refractivity contribution is 5.94. The molecular formula is C18H17N5O3. The van der Waals surface area contributed by atoms with Gasteiger partial charge >= 0.3 is 0 Å². The van der Waals surface area contributed by atoms with Crippen LogP contribution in [0, 0.1) is 0 Å². The molecule has 0 radical (unpaired) electrons. The molecule has 4 rings (SSSR count). The standard InChI is InChI=1S/C18H17N5O3/c1-25-13-8-11-12(9-14(13)26-2)23-15(10-6-4-3-5-7-10)20-17(19)22-18(23)21-16(11)24/h3-9,15H,1-2H3,(H3,19,20,21,22,24)/t15-/m1/s1. The van der Waals surface area contributed by atoms with E-state index in [4.69, 9.17) is 15.2 Å². The third-order valence-electron chi connectivity index (χ3n) is 4.27. The van der Waals surface area contributed by atoms with Gasteiger partial charge in [0.2, 0.25) is 5.95 Å². The smallest absolute Gasteiger partial charge is 0.282 e. The summed E-state index contributed by atoms with van der Waals surface area (Å²) in [5.74, 6) is 1.50. The largest absolute Gasteiger partial charge is 0.493 e. The third kappa shape index (κ3) is 2.43. The number of nitrogens with zero attached hydrogens (tertiary/aromatic N) is 3. The van der Waals surface area contributed by atoms with Gasteiger partial charge in [-0.3, -0.25) is 14.7 Å². The number of hydrogen-bond acceptors (Lipinski definition) is 7. The van der Waals surface area contributed by atoms with Gasteiger partial charge in [0.15, 0.2) is 23.6 Å². The number of methoxy groups -OCH3 is 2. The minimum atomic E-state index is -0.457. The van der Waals surface area contributed by atoms with Crippen LogP contribution >= 0.6 is 0 Å². The van der Waals surface area contributed by atoms with E-state index < -0.39 is 6.17 Å². The van der Waals surface area contributed by atoms with Crippen LogP contribution in [-0.2, 0) is 0 Å². The highest BCUT2D eigenvalue weighted by Gasteiger charge is 2.25. The summed E-state index contributed by atoms with van der Waals surface area (Å²) in [6.45, 7) is 0. The van der Waals surface area contributed by atoms with Gasteiger partial charge in [-0.15, -0.1) is 0 Å². The molecule has 8 nitrogen and oxygen atoms in total. The minimum absolute atomic E-state index is 0.200. The van der Waals surface area contributed by atoms with Gasteiger partial charge in [-0.2, -0.15) is 4.98 Å². The average molecular weight is 351 g/mol. The number of aromatic nitrogens is 2. The number of ether oxygens (including phenoxy) is 2. The SMILES string of the molecule is COc1cc2c(=O)nc3n(c2cc1OC)[C@H](c1ccccc1)N=C(N)N3. The van der Waals surface area contributed by atoms with E-state index in [1.807, 2.05) is 34.9 Å². The van der Waals surface area contributed by atoms with E-state index in [1.54, 1.807) is 19.2 Å². The van der Waals surface area contributed by atoms with Gasteiger partial charge in [-0.1, -0.05) is 30.3 Å². The first-order valence-electron chi connectivity index (χ1n) is 7.96. The first-order valence-corrected chi connectivity index (χ1v) is 7.96. The molecule has 0 bridgehead atoms. The summed E-state index contributed by atoms with van der Waals surface area (Å²) >= 11 is 0. The Morgan fingerprint density at radius 2 is 1.81 bits per heavy atom. The van der Waals surface area contributed by atoms with E-state index in [1.165, 1.54) is 7.11 Å². The summed E-state index contributed by atoms with van der Waals surface area (Å²) in [5, 5.41) is 3.27. The molecule has 2 aromatic carbocycles. The van der Waals surface area contributed by atoms with Crippen molar-refractivity contribution in [2.45, 2.75) is 6.17 Å². The molecule has 0 saturated heterocycles. The Kier molecular flexibility index (Phi) is 3.72. The van der Waals surface area contributed by atoms with Crippen molar-refractivity contribution < 1.29 is 9.47 Å². The number of nitrogens with two attached hydrogens (primary N) is 1. The number of rotatable bonds is 3. The van der Waals surface area contributed by atoms with Crippen LogP contribution in [0.2, 0.25) is 0 Å². The summed E-state index contributed by atoms with van der Waals surface area (Å²) in [5.41, 5.74) is 7.06. The van der Waals surface area contributed by atoms with Crippen molar-refractivity contribution in [3.63, 3.8) is 0 Å². The van der Waals surface area contributed by atoms with Crippen LogP contribution in [-0.4, -0.2) is 29.7 Å². The van der Waals surface area contributed by atoms with Crippen molar-refractivity contribution in [3.05, 3.63) is 58.4 Å². The Morgan fingerprint density at radius 1 is 1.12 bits per heavy atom. The van der Waals surface area contributed by atoms with Gasteiger partial charge in [0, 0.05) is 6.07 Å². The molecule has 1 aliphatic rings. The third-order valence-corrected chi connectivity index (χ3v) is 4.27. The van der Waals surface area contributed by atoms with E-state index in [0.29, 0.717) is 28.4 Å². The fraction of sp³-hybridized carbons (Fsp3) is 0.167. The van der Waals surface area contributed by atoms with E-state index >= 15 is 0 Å². The van der Waals surface area contributed by atoms with Gasteiger partial charge in [-0.25, -0.2) is 4.99 Å². The van der Waals surface area contributed by atoms with Crippen LogP contribution in [0.1, 0.15) is 11.7 Å². The maximum absolute atomic E-state index is 12.5. The lowest BCUT2D eigenvalue weighted by atomic mass is 10.1. The molecule has 1 aromatic heterocycles. The normalized spacial score (nSPS) is 15.8. The molecule has 0 saturated carbocycles. The molecular weight excluding hydrogens is 334 g/mol. The van der Waals surface area contributed by atoms with E-state index in [2.05, 4.69) is 15.3 Å². The molecule has 0 spiro atoms. The molecule has 1 aliphatic heterocycles. The predicted molar refractivity (Wildman–Crippen MR) is 98.9 cm³/mol. The Morgan fingerprint density at radius 3 is 2.50 bits per heavy atom. The second-order valence-electron chi connectivity index (χ2n) is 5.76. The molecule has 1 atom stereocenters. The van der Waals surface area contributed by atoms with Crippen molar-refractivity contribution >= 4 is 22.8 Å². The minimum Gasteiger partial charge on any atom is -0.493 e. The number of benzene rings is 2. The maximum atomic E-state index is 12.5. The van der Waals surface area contributed by atoms with Crippen LogP contribution in [0.5, 0.6) is 11.5 Å².